The molecule has 0 unspecified atom stereocenters. The lowest BCUT2D eigenvalue weighted by Gasteiger charge is -2.10. The summed E-state index contributed by atoms with van der Waals surface area (Å²) < 4.78 is 29.3. The average Bonchev–Trinajstić information content (AvgIpc) is 3.46. The van der Waals surface area contributed by atoms with Gasteiger partial charge in [0.15, 0.2) is 0 Å². The fourth-order valence-electron chi connectivity index (χ4n) is 4.06. The van der Waals surface area contributed by atoms with E-state index in [2.05, 4.69) is 15.5 Å². The van der Waals surface area contributed by atoms with Gasteiger partial charge in [-0.25, -0.2) is 12.8 Å². The van der Waals surface area contributed by atoms with Gasteiger partial charge in [-0.2, -0.15) is 0 Å². The molecule has 0 aliphatic heterocycles. The lowest BCUT2D eigenvalue weighted by atomic mass is 10.2. The van der Waals surface area contributed by atoms with Crippen LogP contribution in [0.1, 0.15) is 20.8 Å². The lowest BCUT2D eigenvalue weighted by Crippen LogP contribution is -2.26. The molecular weight excluding hydrogens is 552 g/mol. The standard InChI is InChI=1S/C24H19ClN6O5S2/c1-13-18-21(34)30(11-14-5-3-2-4-6-14)23-28-29-24(31(23)22(18)37-19(13)20(26)33)38(35,36)12-17(32)27-16-9-7-15(25)8-10-16/h2-10H,11-12H2,1H3,(H2,26,33)(H,27,32). The second kappa shape index (κ2) is 9.67. The fourth-order valence-corrected chi connectivity index (χ4v) is 6.56. The van der Waals surface area contributed by atoms with Gasteiger partial charge < -0.3 is 11.1 Å². The van der Waals surface area contributed by atoms with Crippen molar-refractivity contribution in [1.82, 2.24) is 19.2 Å². The summed E-state index contributed by atoms with van der Waals surface area (Å²) in [7, 11) is -4.36. The largest absolute Gasteiger partial charge is 0.365 e. The van der Waals surface area contributed by atoms with Crippen LogP contribution >= 0.6 is 22.9 Å². The number of rotatable bonds is 7. The van der Waals surface area contributed by atoms with Crippen molar-refractivity contribution in [2.45, 2.75) is 18.6 Å². The molecule has 0 aliphatic rings. The van der Waals surface area contributed by atoms with E-state index in [1.807, 2.05) is 6.07 Å². The Balaban J connectivity index is 1.67. The molecule has 5 rings (SSSR count). The van der Waals surface area contributed by atoms with Gasteiger partial charge in [-0.05, 0) is 42.3 Å². The molecule has 0 bridgehead atoms. The number of fused-ring (bicyclic) bond motifs is 3. The van der Waals surface area contributed by atoms with Crippen molar-refractivity contribution in [3.63, 3.8) is 0 Å². The number of benzene rings is 2. The van der Waals surface area contributed by atoms with Crippen LogP contribution in [0.4, 0.5) is 5.69 Å². The van der Waals surface area contributed by atoms with Gasteiger partial charge in [0.1, 0.15) is 10.6 Å². The van der Waals surface area contributed by atoms with Crippen LogP contribution in [0.3, 0.4) is 0 Å². The van der Waals surface area contributed by atoms with Crippen LogP contribution in [-0.2, 0) is 21.2 Å². The Morgan fingerprint density at radius 2 is 1.76 bits per heavy atom. The van der Waals surface area contributed by atoms with Crippen LogP contribution in [0.15, 0.2) is 64.5 Å². The number of anilines is 1. The lowest BCUT2D eigenvalue weighted by molar-refractivity contribution is -0.113. The molecule has 0 aliphatic carbocycles. The number of primary amides is 1. The topological polar surface area (TPSA) is 159 Å². The van der Waals surface area contributed by atoms with Gasteiger partial charge in [-0.15, -0.1) is 21.5 Å². The molecule has 0 spiro atoms. The number of thiophene rings is 1. The first-order valence-corrected chi connectivity index (χ1v) is 13.9. The van der Waals surface area contributed by atoms with Gasteiger partial charge in [-0.1, -0.05) is 41.9 Å². The molecule has 11 nitrogen and oxygen atoms in total. The molecule has 194 valence electrons. The Morgan fingerprint density at radius 3 is 2.42 bits per heavy atom. The molecule has 5 aromatic rings. The van der Waals surface area contributed by atoms with E-state index < -0.39 is 38.1 Å². The third-order valence-corrected chi connectivity index (χ3v) is 8.79. The van der Waals surface area contributed by atoms with E-state index in [1.54, 1.807) is 43.3 Å². The summed E-state index contributed by atoms with van der Waals surface area (Å²) in [6.07, 6.45) is 0. The summed E-state index contributed by atoms with van der Waals surface area (Å²) in [6, 6.07) is 15.2. The zero-order chi connectivity index (χ0) is 27.2. The molecule has 2 aromatic carbocycles. The van der Waals surface area contributed by atoms with Crippen molar-refractivity contribution in [1.29, 1.82) is 0 Å². The molecule has 3 aromatic heterocycles. The quantitative estimate of drug-likeness (QED) is 0.304. The molecule has 3 heterocycles. The molecule has 0 atom stereocenters. The minimum absolute atomic E-state index is 0.0553. The number of aromatic nitrogens is 4. The third kappa shape index (κ3) is 4.55. The summed E-state index contributed by atoms with van der Waals surface area (Å²) in [5, 5.41) is 10.4. The number of aryl methyl sites for hydroxylation is 1. The highest BCUT2D eigenvalue weighted by atomic mass is 35.5. The van der Waals surface area contributed by atoms with Crippen LogP contribution in [0.25, 0.3) is 16.0 Å². The van der Waals surface area contributed by atoms with Crippen molar-refractivity contribution >= 4 is 66.3 Å². The number of nitrogens with two attached hydrogens (primary N) is 1. The maximum atomic E-state index is 13.6. The Bertz CT molecular complexity index is 1890. The molecular formula is C24H19ClN6O5S2. The number of carbonyl (C=O) groups excluding carboxylic acids is 2. The highest BCUT2D eigenvalue weighted by molar-refractivity contribution is 7.92. The van der Waals surface area contributed by atoms with E-state index in [9.17, 15) is 22.8 Å². The number of amides is 2. The third-order valence-electron chi connectivity index (χ3n) is 5.78. The first-order chi connectivity index (χ1) is 18.1. The summed E-state index contributed by atoms with van der Waals surface area (Å²) >= 11 is 6.72. The Hall–Kier alpha value is -4.07. The number of hydrogen-bond donors (Lipinski definition) is 2. The number of sulfone groups is 1. The van der Waals surface area contributed by atoms with Crippen molar-refractivity contribution in [3.05, 3.63) is 86.0 Å². The maximum Gasteiger partial charge on any atom is 0.264 e. The summed E-state index contributed by atoms with van der Waals surface area (Å²) in [5.74, 6) is -2.56. The van der Waals surface area contributed by atoms with Crippen molar-refractivity contribution < 1.29 is 18.0 Å². The molecule has 3 N–H and O–H groups in total. The highest BCUT2D eigenvalue weighted by Crippen LogP contribution is 2.30. The second-order valence-corrected chi connectivity index (χ2v) is 11.7. The molecule has 0 saturated heterocycles. The summed E-state index contributed by atoms with van der Waals surface area (Å²) in [5.41, 5.74) is 6.49. The maximum absolute atomic E-state index is 13.6. The number of nitrogens with zero attached hydrogens (tertiary/aromatic N) is 4. The van der Waals surface area contributed by atoms with Crippen LogP contribution in [0, 0.1) is 6.92 Å². The monoisotopic (exact) mass is 570 g/mol. The van der Waals surface area contributed by atoms with Crippen LogP contribution in [-0.4, -0.2) is 45.2 Å². The van der Waals surface area contributed by atoms with E-state index in [1.165, 1.54) is 21.1 Å². The van der Waals surface area contributed by atoms with Crippen molar-refractivity contribution in [2.24, 2.45) is 5.73 Å². The fraction of sp³-hybridized carbons (Fsp3) is 0.125. The molecule has 38 heavy (non-hydrogen) atoms. The molecule has 0 fully saturated rings. The highest BCUT2D eigenvalue weighted by Gasteiger charge is 2.30. The SMILES string of the molecule is Cc1c(C(N)=O)sc2c1c(=O)n(Cc1ccccc1)c1nnc(S(=O)(=O)CC(=O)Nc3ccc(Cl)cc3)n21. The summed E-state index contributed by atoms with van der Waals surface area (Å²) in [6.45, 7) is 1.63. The number of hydrogen-bond acceptors (Lipinski definition) is 8. The Labute approximate surface area is 224 Å². The zero-order valence-corrected chi connectivity index (χ0v) is 22.1. The van der Waals surface area contributed by atoms with Crippen molar-refractivity contribution in [3.8, 4) is 0 Å². The smallest absolute Gasteiger partial charge is 0.264 e. The minimum atomic E-state index is -4.36. The van der Waals surface area contributed by atoms with Gasteiger partial charge in [0.05, 0.1) is 16.8 Å². The first-order valence-electron chi connectivity index (χ1n) is 11.1. The van der Waals surface area contributed by atoms with Crippen LogP contribution < -0.4 is 16.6 Å². The summed E-state index contributed by atoms with van der Waals surface area (Å²) in [4.78, 5) is 38.5. The predicted molar refractivity (Wildman–Crippen MR) is 144 cm³/mol. The van der Waals surface area contributed by atoms with Gasteiger partial charge in [0.25, 0.3) is 16.6 Å². The molecule has 2 amide bonds. The van der Waals surface area contributed by atoms with E-state index >= 15 is 0 Å². The molecule has 0 saturated carbocycles. The number of halogens is 1. The second-order valence-electron chi connectivity index (χ2n) is 8.41. The Morgan fingerprint density at radius 1 is 1.08 bits per heavy atom. The molecule has 14 heteroatoms. The van der Waals surface area contributed by atoms with E-state index in [0.29, 0.717) is 16.3 Å². The van der Waals surface area contributed by atoms with Gasteiger partial charge in [-0.3, -0.25) is 19.0 Å². The average molecular weight is 571 g/mol. The van der Waals surface area contributed by atoms with Gasteiger partial charge in [0, 0.05) is 10.7 Å². The van der Waals surface area contributed by atoms with Gasteiger partial charge in [0.2, 0.25) is 21.5 Å². The van der Waals surface area contributed by atoms with E-state index in [-0.39, 0.29) is 27.4 Å². The predicted octanol–water partition coefficient (Wildman–Crippen LogP) is 2.63. The first kappa shape index (κ1) is 25.6. The normalized spacial score (nSPS) is 11.7. The Kier molecular flexibility index (Phi) is 6.51. The van der Waals surface area contributed by atoms with Crippen LogP contribution in [0.5, 0.6) is 0 Å². The van der Waals surface area contributed by atoms with E-state index in [4.69, 9.17) is 17.3 Å². The number of carbonyl (C=O) groups is 2. The zero-order valence-electron chi connectivity index (χ0n) is 19.7. The van der Waals surface area contributed by atoms with Crippen LogP contribution in [0.2, 0.25) is 5.02 Å². The minimum Gasteiger partial charge on any atom is -0.365 e. The number of nitrogens with one attached hydrogen (secondary N) is 1. The van der Waals surface area contributed by atoms with E-state index in [0.717, 1.165) is 16.9 Å². The van der Waals surface area contributed by atoms with Gasteiger partial charge >= 0.3 is 0 Å². The van der Waals surface area contributed by atoms with Crippen molar-refractivity contribution in [2.75, 3.05) is 11.1 Å². The molecule has 0 radical (unpaired) electrons.